The van der Waals surface area contributed by atoms with Gasteiger partial charge in [0, 0.05) is 55.9 Å². The van der Waals surface area contributed by atoms with Crippen LogP contribution in [0.4, 0.5) is 20.3 Å². The third kappa shape index (κ3) is 8.16. The Bertz CT molecular complexity index is 1700. The molecule has 4 aromatic rings. The van der Waals surface area contributed by atoms with Crippen molar-refractivity contribution in [2.45, 2.75) is 46.6 Å². The summed E-state index contributed by atoms with van der Waals surface area (Å²) in [6, 6.07) is 11.9. The number of halogens is 2. The molecule has 5 rings (SSSR count). The normalized spacial score (nSPS) is 14.5. The number of ether oxygens (including phenoxy) is 1. The minimum Gasteiger partial charge on any atom is -0.435 e. The summed E-state index contributed by atoms with van der Waals surface area (Å²) >= 11 is 0. The summed E-state index contributed by atoms with van der Waals surface area (Å²) in [5, 5.41) is 3.31. The summed E-state index contributed by atoms with van der Waals surface area (Å²) in [6.45, 7) is 5.22. The van der Waals surface area contributed by atoms with Gasteiger partial charge in [0.1, 0.15) is 5.75 Å². The number of nitrogens with one attached hydrogen (secondary N) is 1. The fourth-order valence-electron chi connectivity index (χ4n) is 5.81. The maximum absolute atomic E-state index is 13.4. The van der Waals surface area contributed by atoms with E-state index < -0.39 is 14.4 Å². The summed E-state index contributed by atoms with van der Waals surface area (Å²) < 4.78 is 57.3. The second kappa shape index (κ2) is 15.3. The number of anilines is 2. The number of aromatic nitrogens is 3. The fraction of sp³-hybridized carbons (Fsp3) is 0.424. The van der Waals surface area contributed by atoms with Crippen LogP contribution in [0.3, 0.4) is 0 Å². The lowest BCUT2D eigenvalue weighted by atomic mass is 9.94. The highest BCUT2D eigenvalue weighted by atomic mass is 31.2. The molecule has 1 saturated heterocycles. The van der Waals surface area contributed by atoms with E-state index in [0.29, 0.717) is 55.8 Å². The van der Waals surface area contributed by atoms with E-state index in [0.717, 1.165) is 41.8 Å². The quantitative estimate of drug-likeness (QED) is 0.137. The molecule has 1 amide bonds. The van der Waals surface area contributed by atoms with Crippen LogP contribution in [-0.2, 0) is 13.6 Å². The van der Waals surface area contributed by atoms with E-state index in [1.165, 1.54) is 12.1 Å². The van der Waals surface area contributed by atoms with Gasteiger partial charge in [0.25, 0.3) is 5.91 Å². The lowest BCUT2D eigenvalue weighted by Gasteiger charge is -2.36. The first-order valence-electron chi connectivity index (χ1n) is 15.8. The van der Waals surface area contributed by atoms with Crippen molar-refractivity contribution in [3.63, 3.8) is 0 Å². The molecule has 1 aliphatic heterocycles. The number of nitrogens with zero attached hydrogens (tertiary/aromatic N) is 5. The van der Waals surface area contributed by atoms with Crippen molar-refractivity contribution in [1.29, 1.82) is 0 Å². The van der Waals surface area contributed by atoms with Gasteiger partial charge in [-0.15, -0.1) is 0 Å². The number of hydrogen-bond donors (Lipinski definition) is 1. The molecule has 0 radical (unpaired) electrons. The van der Waals surface area contributed by atoms with Gasteiger partial charge >= 0.3 is 14.4 Å². The molecule has 252 valence electrons. The molecular formula is C33H41F2N6O5P. The Balaban J connectivity index is 1.19. The van der Waals surface area contributed by atoms with E-state index in [9.17, 15) is 18.1 Å². The highest BCUT2D eigenvalue weighted by molar-refractivity contribution is 7.51. The number of alkyl halides is 2. The zero-order valence-electron chi connectivity index (χ0n) is 27.1. The number of carbonyl (C=O) groups excluding carboxylic acids is 1. The SMILES string of the molecule is CCOP(=O)(OCC)N1CCC(CCN(C)C(=O)c2ccc(Nc3nccn4c(-c5ccc(OC(F)F)cc5)cnc34)cc2C)CC1. The van der Waals surface area contributed by atoms with Crippen LogP contribution in [0, 0.1) is 12.8 Å². The van der Waals surface area contributed by atoms with Crippen LogP contribution in [-0.4, -0.2) is 76.4 Å². The first-order chi connectivity index (χ1) is 22.6. The Labute approximate surface area is 273 Å². The van der Waals surface area contributed by atoms with E-state index >= 15 is 0 Å². The second-order valence-electron chi connectivity index (χ2n) is 11.4. The lowest BCUT2D eigenvalue weighted by molar-refractivity contribution is -0.0498. The van der Waals surface area contributed by atoms with Crippen LogP contribution in [0.25, 0.3) is 16.9 Å². The number of rotatable bonds is 14. The largest absolute Gasteiger partial charge is 0.435 e. The number of hydrogen-bond acceptors (Lipinski definition) is 8. The van der Waals surface area contributed by atoms with Crippen molar-refractivity contribution in [2.24, 2.45) is 5.92 Å². The number of amides is 1. The van der Waals surface area contributed by atoms with Crippen LogP contribution in [0.2, 0.25) is 0 Å². The molecule has 11 nitrogen and oxygen atoms in total. The van der Waals surface area contributed by atoms with E-state index in [4.69, 9.17) is 9.05 Å². The number of imidazole rings is 1. The molecule has 3 heterocycles. The van der Waals surface area contributed by atoms with Crippen molar-refractivity contribution in [2.75, 3.05) is 45.2 Å². The molecule has 2 aromatic heterocycles. The van der Waals surface area contributed by atoms with E-state index in [2.05, 4.69) is 20.0 Å². The highest BCUT2D eigenvalue weighted by Gasteiger charge is 2.36. The van der Waals surface area contributed by atoms with Gasteiger partial charge in [-0.3, -0.25) is 18.2 Å². The first kappa shape index (κ1) is 34.4. The summed E-state index contributed by atoms with van der Waals surface area (Å²) in [5.41, 5.74) is 4.32. The second-order valence-corrected chi connectivity index (χ2v) is 13.4. The van der Waals surface area contributed by atoms with Crippen molar-refractivity contribution >= 4 is 30.8 Å². The van der Waals surface area contributed by atoms with Crippen LogP contribution >= 0.6 is 7.75 Å². The predicted molar refractivity (Wildman–Crippen MR) is 176 cm³/mol. The number of carbonyl (C=O) groups is 1. The molecule has 1 fully saturated rings. The molecule has 47 heavy (non-hydrogen) atoms. The molecule has 0 unspecified atom stereocenters. The van der Waals surface area contributed by atoms with Gasteiger partial charge in [-0.25, -0.2) is 19.2 Å². The Morgan fingerprint density at radius 1 is 1.09 bits per heavy atom. The summed E-state index contributed by atoms with van der Waals surface area (Å²) in [4.78, 5) is 24.1. The molecule has 14 heteroatoms. The smallest absolute Gasteiger partial charge is 0.408 e. The van der Waals surface area contributed by atoms with Crippen molar-refractivity contribution in [3.05, 3.63) is 72.2 Å². The lowest BCUT2D eigenvalue weighted by Crippen LogP contribution is -2.35. The standard InChI is InChI=1S/C33H41F2N6O5P/c1-5-44-47(43,45-6-2)40-18-14-24(15-19-40)13-17-39(4)32(42)28-12-9-26(21-23(28)3)38-30-31-37-22-29(41(31)20-16-36-30)25-7-10-27(11-8-25)46-33(34)35/h7-12,16,20-22,24,33H,5-6,13-15,17-19H2,1-4H3,(H,36,38). The molecule has 0 bridgehead atoms. The van der Waals surface area contributed by atoms with Crippen molar-refractivity contribution in [1.82, 2.24) is 23.9 Å². The monoisotopic (exact) mass is 670 g/mol. The van der Waals surface area contributed by atoms with Gasteiger partial charge in [-0.2, -0.15) is 8.78 Å². The molecule has 0 saturated carbocycles. The topological polar surface area (TPSA) is 111 Å². The Kier molecular flexibility index (Phi) is 11.2. The average molecular weight is 671 g/mol. The Morgan fingerprint density at radius 3 is 2.43 bits per heavy atom. The molecule has 0 spiro atoms. The fourth-order valence-corrected chi connectivity index (χ4v) is 7.58. The molecule has 0 aliphatic carbocycles. The van der Waals surface area contributed by atoms with E-state index in [1.54, 1.807) is 35.6 Å². The van der Waals surface area contributed by atoms with Gasteiger partial charge in [0.2, 0.25) is 0 Å². The number of fused-ring (bicyclic) bond motifs is 1. The molecule has 0 atom stereocenters. The van der Waals surface area contributed by atoms with Gasteiger partial charge in [-0.1, -0.05) is 0 Å². The predicted octanol–water partition coefficient (Wildman–Crippen LogP) is 7.40. The number of benzene rings is 2. The van der Waals surface area contributed by atoms with Crippen LogP contribution in [0.5, 0.6) is 5.75 Å². The third-order valence-corrected chi connectivity index (χ3v) is 10.5. The van der Waals surface area contributed by atoms with Gasteiger partial charge in [0.15, 0.2) is 11.5 Å². The zero-order valence-corrected chi connectivity index (χ0v) is 28.0. The van der Waals surface area contributed by atoms with Crippen molar-refractivity contribution < 1.29 is 31.9 Å². The third-order valence-electron chi connectivity index (χ3n) is 8.26. The molecular weight excluding hydrogens is 629 g/mol. The molecule has 1 N–H and O–H groups in total. The molecule has 1 aliphatic rings. The Morgan fingerprint density at radius 2 is 1.79 bits per heavy atom. The van der Waals surface area contributed by atoms with Crippen LogP contribution < -0.4 is 10.1 Å². The van der Waals surface area contributed by atoms with Gasteiger partial charge in [-0.05, 0) is 94.0 Å². The van der Waals surface area contributed by atoms with E-state index in [-0.39, 0.29) is 11.7 Å². The summed E-state index contributed by atoms with van der Waals surface area (Å²) in [5.74, 6) is 0.975. The van der Waals surface area contributed by atoms with Crippen LogP contribution in [0.1, 0.15) is 49.0 Å². The summed E-state index contributed by atoms with van der Waals surface area (Å²) in [7, 11) is -1.42. The highest BCUT2D eigenvalue weighted by Crippen LogP contribution is 2.53. The van der Waals surface area contributed by atoms with Crippen molar-refractivity contribution in [3.8, 4) is 17.0 Å². The number of aryl methyl sites for hydroxylation is 1. The number of piperidine rings is 1. The molecule has 2 aromatic carbocycles. The zero-order chi connectivity index (χ0) is 33.6. The summed E-state index contributed by atoms with van der Waals surface area (Å²) in [6.07, 6.45) is 7.71. The van der Waals surface area contributed by atoms with E-state index in [1.807, 2.05) is 55.1 Å². The maximum atomic E-state index is 13.4. The van der Waals surface area contributed by atoms with Crippen LogP contribution in [0.15, 0.2) is 61.1 Å². The maximum Gasteiger partial charge on any atom is 0.408 e. The van der Waals surface area contributed by atoms with Gasteiger partial charge < -0.3 is 15.0 Å². The minimum atomic E-state index is -3.24. The Hall–Kier alpha value is -3.90. The first-order valence-corrected chi connectivity index (χ1v) is 17.3. The minimum absolute atomic E-state index is 0.0493. The average Bonchev–Trinajstić information content (AvgIpc) is 3.49. The van der Waals surface area contributed by atoms with Gasteiger partial charge in [0.05, 0.1) is 25.1 Å².